The number of ketones is 1. The quantitative estimate of drug-likeness (QED) is 0.380. The molecule has 2 atom stereocenters. The van der Waals surface area contributed by atoms with Gasteiger partial charge in [0.2, 0.25) is 0 Å². The Hall–Kier alpha value is -4.31. The second-order valence-corrected chi connectivity index (χ2v) is 7.94. The SMILES string of the molecule is COc1ccc(O)c(C(=O)c2ccc(C(=O)NC3CNC[C@H]3NC(=O)c3cccnc3)cc2)c1F. The van der Waals surface area contributed by atoms with Crippen LogP contribution in [0.1, 0.15) is 36.6 Å². The lowest BCUT2D eigenvalue weighted by atomic mass is 10.00. The molecule has 2 heterocycles. The smallest absolute Gasteiger partial charge is 0.253 e. The number of methoxy groups -OCH3 is 1. The van der Waals surface area contributed by atoms with Gasteiger partial charge in [-0.25, -0.2) is 4.39 Å². The Morgan fingerprint density at radius 3 is 2.20 bits per heavy atom. The van der Waals surface area contributed by atoms with Gasteiger partial charge in [0.25, 0.3) is 11.8 Å². The third kappa shape index (κ3) is 5.12. The molecule has 4 N–H and O–H groups in total. The number of nitrogens with zero attached hydrogens (tertiary/aromatic N) is 1. The normalized spacial score (nSPS) is 17.0. The fraction of sp³-hybridized carbons (Fsp3) is 0.200. The number of rotatable bonds is 7. The van der Waals surface area contributed by atoms with Gasteiger partial charge >= 0.3 is 0 Å². The molecule has 0 aliphatic carbocycles. The number of phenolic OH excluding ortho intramolecular Hbond substituents is 1. The number of hydrogen-bond donors (Lipinski definition) is 4. The number of hydrogen-bond acceptors (Lipinski definition) is 7. The van der Waals surface area contributed by atoms with Gasteiger partial charge in [-0.1, -0.05) is 12.1 Å². The second-order valence-electron chi connectivity index (χ2n) is 7.94. The van der Waals surface area contributed by atoms with Crippen molar-refractivity contribution in [3.05, 3.63) is 89.0 Å². The average Bonchev–Trinajstić information content (AvgIpc) is 3.30. The second kappa shape index (κ2) is 10.3. The van der Waals surface area contributed by atoms with E-state index in [1.165, 1.54) is 49.7 Å². The summed E-state index contributed by atoms with van der Waals surface area (Å²) in [5.41, 5.74) is 0.281. The third-order valence-electron chi connectivity index (χ3n) is 5.71. The number of pyridine rings is 1. The minimum absolute atomic E-state index is 0.0909. The number of phenols is 1. The molecule has 1 aliphatic rings. The lowest BCUT2D eigenvalue weighted by Gasteiger charge is -2.21. The topological polar surface area (TPSA) is 130 Å². The Kier molecular flexibility index (Phi) is 7.02. The van der Waals surface area contributed by atoms with Crippen LogP contribution in [-0.2, 0) is 0 Å². The number of benzene rings is 2. The van der Waals surface area contributed by atoms with E-state index in [4.69, 9.17) is 4.74 Å². The lowest BCUT2D eigenvalue weighted by Crippen LogP contribution is -2.51. The van der Waals surface area contributed by atoms with E-state index >= 15 is 0 Å². The van der Waals surface area contributed by atoms with Gasteiger partial charge in [-0.05, 0) is 36.4 Å². The number of halogens is 1. The van der Waals surface area contributed by atoms with E-state index in [1.807, 2.05) is 0 Å². The molecular formula is C25H23FN4O5. The Labute approximate surface area is 200 Å². The molecule has 10 heteroatoms. The van der Waals surface area contributed by atoms with Crippen LogP contribution in [0, 0.1) is 5.82 Å². The van der Waals surface area contributed by atoms with Gasteiger partial charge in [0.05, 0.1) is 24.8 Å². The highest BCUT2D eigenvalue weighted by molar-refractivity contribution is 6.11. The van der Waals surface area contributed by atoms with E-state index in [2.05, 4.69) is 20.9 Å². The number of nitrogens with one attached hydrogen (secondary N) is 3. The van der Waals surface area contributed by atoms with Crippen LogP contribution in [0.2, 0.25) is 0 Å². The van der Waals surface area contributed by atoms with Gasteiger partial charge in [0.15, 0.2) is 17.3 Å². The van der Waals surface area contributed by atoms with Gasteiger partial charge in [-0.2, -0.15) is 0 Å². The molecule has 1 fully saturated rings. The standard InChI is InChI=1S/C25H23FN4O5/c1-35-20-9-8-19(31)21(22(20)26)23(32)14-4-6-15(7-5-14)24(33)29-17-12-28-13-18(17)30-25(34)16-3-2-10-27-11-16/h2-11,17-18,28,31H,12-13H2,1H3,(H,29,33)(H,30,34)/t17?,18-/m1/s1. The Morgan fingerprint density at radius 2 is 1.60 bits per heavy atom. The van der Waals surface area contributed by atoms with Crippen molar-refractivity contribution in [3.63, 3.8) is 0 Å². The summed E-state index contributed by atoms with van der Waals surface area (Å²) in [6.07, 6.45) is 3.04. The predicted molar refractivity (Wildman–Crippen MR) is 124 cm³/mol. The molecule has 4 rings (SSSR count). The maximum Gasteiger partial charge on any atom is 0.253 e. The van der Waals surface area contributed by atoms with Crippen LogP contribution in [0.5, 0.6) is 11.5 Å². The maximum absolute atomic E-state index is 14.5. The maximum atomic E-state index is 14.5. The number of amides is 2. The Morgan fingerprint density at radius 1 is 0.971 bits per heavy atom. The summed E-state index contributed by atoms with van der Waals surface area (Å²) in [7, 11) is 1.26. The molecule has 1 aromatic heterocycles. The fourth-order valence-electron chi connectivity index (χ4n) is 3.82. The number of ether oxygens (including phenoxy) is 1. The minimum atomic E-state index is -0.965. The first-order chi connectivity index (χ1) is 16.9. The minimum Gasteiger partial charge on any atom is -0.507 e. The molecule has 3 aromatic rings. The summed E-state index contributed by atoms with van der Waals surface area (Å²) in [4.78, 5) is 41.9. The predicted octanol–water partition coefficient (Wildman–Crippen LogP) is 1.67. The molecule has 0 bridgehead atoms. The van der Waals surface area contributed by atoms with Gasteiger partial charge < -0.3 is 25.8 Å². The van der Waals surface area contributed by atoms with Crippen molar-refractivity contribution in [1.29, 1.82) is 0 Å². The molecule has 180 valence electrons. The summed E-state index contributed by atoms with van der Waals surface area (Å²) in [5, 5.41) is 18.9. The van der Waals surface area contributed by atoms with E-state index in [0.717, 1.165) is 0 Å². The summed E-state index contributed by atoms with van der Waals surface area (Å²) in [5.74, 6) is -3.08. The van der Waals surface area contributed by atoms with Crippen LogP contribution in [0.15, 0.2) is 60.9 Å². The number of aromatic nitrogens is 1. The highest BCUT2D eigenvalue weighted by atomic mass is 19.1. The van der Waals surface area contributed by atoms with Crippen molar-refractivity contribution in [2.45, 2.75) is 12.1 Å². The van der Waals surface area contributed by atoms with Crippen LogP contribution in [0.4, 0.5) is 4.39 Å². The molecule has 0 saturated carbocycles. The summed E-state index contributed by atoms with van der Waals surface area (Å²) in [6.45, 7) is 0.953. The van der Waals surface area contributed by atoms with E-state index in [-0.39, 0.29) is 34.9 Å². The molecule has 1 unspecified atom stereocenters. The van der Waals surface area contributed by atoms with Crippen molar-refractivity contribution < 1.29 is 28.6 Å². The molecule has 1 aliphatic heterocycles. The zero-order valence-electron chi connectivity index (χ0n) is 18.7. The first-order valence-electron chi connectivity index (χ1n) is 10.8. The molecule has 9 nitrogen and oxygen atoms in total. The highest BCUT2D eigenvalue weighted by Gasteiger charge is 2.30. The Bertz CT molecular complexity index is 1250. The molecular weight excluding hydrogens is 455 g/mol. The lowest BCUT2D eigenvalue weighted by molar-refractivity contribution is 0.0896. The van der Waals surface area contributed by atoms with E-state index in [9.17, 15) is 23.9 Å². The van der Waals surface area contributed by atoms with Gasteiger partial charge in [-0.15, -0.1) is 0 Å². The van der Waals surface area contributed by atoms with Crippen molar-refractivity contribution in [1.82, 2.24) is 20.9 Å². The number of carbonyl (C=O) groups is 3. The fourth-order valence-corrected chi connectivity index (χ4v) is 3.82. The van der Waals surface area contributed by atoms with E-state index in [1.54, 1.807) is 18.3 Å². The first-order valence-corrected chi connectivity index (χ1v) is 10.8. The van der Waals surface area contributed by atoms with Crippen molar-refractivity contribution in [2.75, 3.05) is 20.2 Å². The monoisotopic (exact) mass is 478 g/mol. The van der Waals surface area contributed by atoms with Crippen LogP contribution in [0.3, 0.4) is 0 Å². The van der Waals surface area contributed by atoms with Crippen molar-refractivity contribution in [3.8, 4) is 11.5 Å². The molecule has 2 aromatic carbocycles. The third-order valence-corrected chi connectivity index (χ3v) is 5.71. The van der Waals surface area contributed by atoms with Gasteiger partial charge in [0, 0.05) is 36.6 Å². The van der Waals surface area contributed by atoms with Crippen LogP contribution < -0.4 is 20.7 Å². The van der Waals surface area contributed by atoms with Crippen LogP contribution in [0.25, 0.3) is 0 Å². The van der Waals surface area contributed by atoms with Crippen molar-refractivity contribution >= 4 is 17.6 Å². The summed E-state index contributed by atoms with van der Waals surface area (Å²) < 4.78 is 19.4. The van der Waals surface area contributed by atoms with Gasteiger partial charge in [-0.3, -0.25) is 19.4 Å². The number of aromatic hydroxyl groups is 1. The molecule has 0 spiro atoms. The Balaban J connectivity index is 1.43. The van der Waals surface area contributed by atoms with Crippen LogP contribution in [-0.4, -0.2) is 60.0 Å². The molecule has 0 radical (unpaired) electrons. The van der Waals surface area contributed by atoms with E-state index in [0.29, 0.717) is 18.7 Å². The first kappa shape index (κ1) is 23.8. The highest BCUT2D eigenvalue weighted by Crippen LogP contribution is 2.30. The van der Waals surface area contributed by atoms with Gasteiger partial charge in [0.1, 0.15) is 11.3 Å². The zero-order valence-corrected chi connectivity index (χ0v) is 18.7. The average molecular weight is 478 g/mol. The largest absolute Gasteiger partial charge is 0.507 e. The summed E-state index contributed by atoms with van der Waals surface area (Å²) >= 11 is 0. The molecule has 2 amide bonds. The molecule has 1 saturated heterocycles. The summed E-state index contributed by atoms with van der Waals surface area (Å²) in [6, 6.07) is 10.7. The zero-order chi connectivity index (χ0) is 24.9. The van der Waals surface area contributed by atoms with Crippen LogP contribution >= 0.6 is 0 Å². The van der Waals surface area contributed by atoms with E-state index < -0.39 is 28.8 Å². The number of carbonyl (C=O) groups excluding carboxylic acids is 3. The van der Waals surface area contributed by atoms with Crippen molar-refractivity contribution in [2.24, 2.45) is 0 Å². The molecule has 35 heavy (non-hydrogen) atoms.